The van der Waals surface area contributed by atoms with E-state index in [9.17, 15) is 9.59 Å². The Labute approximate surface area is 241 Å². The summed E-state index contributed by atoms with van der Waals surface area (Å²) < 4.78 is 5.96. The molecule has 0 atom stereocenters. The van der Waals surface area contributed by atoms with E-state index < -0.39 is 5.54 Å². The van der Waals surface area contributed by atoms with Gasteiger partial charge < -0.3 is 15.1 Å². The first-order valence-corrected chi connectivity index (χ1v) is 13.6. The van der Waals surface area contributed by atoms with Crippen LogP contribution in [0.1, 0.15) is 57.6 Å². The first-order valence-electron chi connectivity index (χ1n) is 13.3. The third-order valence-electron chi connectivity index (χ3n) is 7.48. The van der Waals surface area contributed by atoms with Crippen molar-refractivity contribution in [3.63, 3.8) is 0 Å². The number of rotatable bonds is 7. The highest BCUT2D eigenvalue weighted by Gasteiger charge is 2.49. The number of nitrogens with one attached hydrogen (secondary N) is 3. The molecule has 0 radical (unpaired) electrons. The lowest BCUT2D eigenvalue weighted by Gasteiger charge is -2.16. The second-order valence-electron chi connectivity index (χ2n) is 10.5. The number of hydrogen-bond acceptors (Lipinski definition) is 5. The van der Waals surface area contributed by atoms with Crippen molar-refractivity contribution in [3.05, 3.63) is 101 Å². The van der Waals surface area contributed by atoms with Gasteiger partial charge in [-0.15, -0.1) is 0 Å². The summed E-state index contributed by atoms with van der Waals surface area (Å²) in [6.07, 6.45) is 1.52. The molecule has 2 heterocycles. The minimum absolute atomic E-state index is 0.201. The Bertz CT molecular complexity index is 1850. The molecule has 1 aliphatic carbocycles. The van der Waals surface area contributed by atoms with E-state index in [0.29, 0.717) is 50.1 Å². The SMILES string of the molecule is C=C(C)c1oc2ccc(-c3cc(C(=O)NC4(c5nc(-c6ccc(Cl)cc6)n[nH]5)CC4)ccc3C)cc2c1C(=O)NC. The predicted molar refractivity (Wildman–Crippen MR) is 160 cm³/mol. The Balaban J connectivity index is 1.30. The number of aromatic nitrogens is 3. The molecule has 206 valence electrons. The zero-order valence-electron chi connectivity index (χ0n) is 22.9. The van der Waals surface area contributed by atoms with Crippen LogP contribution in [0.2, 0.25) is 5.02 Å². The van der Waals surface area contributed by atoms with E-state index in [2.05, 4.69) is 32.4 Å². The average molecular weight is 566 g/mol. The van der Waals surface area contributed by atoms with Crippen LogP contribution in [-0.2, 0) is 5.54 Å². The fourth-order valence-electron chi connectivity index (χ4n) is 5.03. The first-order chi connectivity index (χ1) is 19.7. The maximum atomic E-state index is 13.5. The van der Waals surface area contributed by atoms with Crippen molar-refractivity contribution in [1.29, 1.82) is 0 Å². The summed E-state index contributed by atoms with van der Waals surface area (Å²) in [5.74, 6) is 1.19. The van der Waals surface area contributed by atoms with Gasteiger partial charge in [0.1, 0.15) is 11.3 Å². The molecule has 6 rings (SSSR count). The number of aromatic amines is 1. The second-order valence-corrected chi connectivity index (χ2v) is 10.9. The van der Waals surface area contributed by atoms with E-state index in [1.54, 1.807) is 26.1 Å². The van der Waals surface area contributed by atoms with Crippen molar-refractivity contribution < 1.29 is 14.0 Å². The van der Waals surface area contributed by atoms with Crippen molar-refractivity contribution >= 4 is 40.0 Å². The maximum absolute atomic E-state index is 13.5. The molecule has 0 saturated heterocycles. The molecule has 41 heavy (non-hydrogen) atoms. The third kappa shape index (κ3) is 4.80. The molecule has 0 aliphatic heterocycles. The van der Waals surface area contributed by atoms with Crippen LogP contribution in [0, 0.1) is 6.92 Å². The topological polar surface area (TPSA) is 113 Å². The average Bonchev–Trinajstić information content (AvgIpc) is 3.39. The number of furan rings is 1. The van der Waals surface area contributed by atoms with E-state index in [1.165, 1.54) is 0 Å². The van der Waals surface area contributed by atoms with Gasteiger partial charge in [-0.2, -0.15) is 5.10 Å². The lowest BCUT2D eigenvalue weighted by Crippen LogP contribution is -2.35. The molecule has 2 amide bonds. The van der Waals surface area contributed by atoms with Gasteiger partial charge in [0.25, 0.3) is 11.8 Å². The van der Waals surface area contributed by atoms with Gasteiger partial charge in [-0.1, -0.05) is 30.3 Å². The maximum Gasteiger partial charge on any atom is 0.255 e. The lowest BCUT2D eigenvalue weighted by molar-refractivity contribution is 0.0927. The number of fused-ring (bicyclic) bond motifs is 1. The smallest absolute Gasteiger partial charge is 0.255 e. The van der Waals surface area contributed by atoms with Gasteiger partial charge in [-0.3, -0.25) is 14.7 Å². The van der Waals surface area contributed by atoms with Crippen LogP contribution in [0.4, 0.5) is 0 Å². The Kier molecular flexibility index (Phi) is 6.50. The van der Waals surface area contributed by atoms with Crippen LogP contribution in [0.25, 0.3) is 39.1 Å². The van der Waals surface area contributed by atoms with Crippen molar-refractivity contribution in [2.75, 3.05) is 7.05 Å². The van der Waals surface area contributed by atoms with Crippen LogP contribution in [-0.4, -0.2) is 34.0 Å². The van der Waals surface area contributed by atoms with Gasteiger partial charge in [0.05, 0.1) is 11.1 Å². The number of halogens is 1. The van der Waals surface area contributed by atoms with Crippen LogP contribution in [0.5, 0.6) is 0 Å². The molecule has 3 N–H and O–H groups in total. The number of benzene rings is 3. The number of H-pyrrole nitrogens is 1. The summed E-state index contributed by atoms with van der Waals surface area (Å²) in [5.41, 5.74) is 5.23. The first kappa shape index (κ1) is 26.5. The molecular weight excluding hydrogens is 538 g/mol. The summed E-state index contributed by atoms with van der Waals surface area (Å²) in [6, 6.07) is 18.6. The number of allylic oxidation sites excluding steroid dienone is 1. The van der Waals surface area contributed by atoms with Gasteiger partial charge in [0, 0.05) is 28.6 Å². The predicted octanol–water partition coefficient (Wildman–Crippen LogP) is 6.66. The van der Waals surface area contributed by atoms with Gasteiger partial charge >= 0.3 is 0 Å². The number of hydrogen-bond donors (Lipinski definition) is 3. The van der Waals surface area contributed by atoms with E-state index in [-0.39, 0.29) is 11.8 Å². The summed E-state index contributed by atoms with van der Waals surface area (Å²) in [7, 11) is 1.59. The van der Waals surface area contributed by atoms with Gasteiger partial charge in [0.15, 0.2) is 11.6 Å². The summed E-state index contributed by atoms with van der Waals surface area (Å²) in [5, 5.41) is 14.6. The lowest BCUT2D eigenvalue weighted by atomic mass is 9.95. The second kappa shape index (κ2) is 10.1. The molecule has 8 nitrogen and oxygen atoms in total. The highest BCUT2D eigenvalue weighted by atomic mass is 35.5. The van der Waals surface area contributed by atoms with Crippen LogP contribution < -0.4 is 10.6 Å². The largest absolute Gasteiger partial charge is 0.456 e. The van der Waals surface area contributed by atoms with E-state index in [0.717, 1.165) is 35.1 Å². The molecular formula is C32H28ClN5O3. The quantitative estimate of drug-likeness (QED) is 0.204. The Morgan fingerprint density at radius 1 is 1.02 bits per heavy atom. The number of nitrogens with zero attached hydrogens (tertiary/aromatic N) is 2. The Morgan fingerprint density at radius 2 is 1.76 bits per heavy atom. The fourth-order valence-corrected chi connectivity index (χ4v) is 5.16. The highest BCUT2D eigenvalue weighted by Crippen LogP contribution is 2.44. The van der Waals surface area contributed by atoms with E-state index in [4.69, 9.17) is 16.0 Å². The molecule has 3 aromatic carbocycles. The zero-order valence-corrected chi connectivity index (χ0v) is 23.6. The number of amides is 2. The normalized spacial score (nSPS) is 13.7. The van der Waals surface area contributed by atoms with Gasteiger partial charge in [-0.25, -0.2) is 4.98 Å². The van der Waals surface area contributed by atoms with Crippen LogP contribution in [0.3, 0.4) is 0 Å². The Morgan fingerprint density at radius 3 is 2.44 bits per heavy atom. The van der Waals surface area contributed by atoms with Crippen molar-refractivity contribution in [2.45, 2.75) is 32.2 Å². The number of aryl methyl sites for hydroxylation is 1. The van der Waals surface area contributed by atoms with Gasteiger partial charge in [-0.05, 0) is 97.5 Å². The molecule has 0 unspecified atom stereocenters. The molecule has 1 saturated carbocycles. The molecule has 1 aliphatic rings. The van der Waals surface area contributed by atoms with Crippen molar-refractivity contribution in [1.82, 2.24) is 25.8 Å². The molecule has 2 aromatic heterocycles. The minimum atomic E-state index is -0.586. The molecule has 0 bridgehead atoms. The number of carbonyl (C=O) groups excluding carboxylic acids is 2. The third-order valence-corrected chi connectivity index (χ3v) is 7.74. The van der Waals surface area contributed by atoms with Gasteiger partial charge in [0.2, 0.25) is 0 Å². The molecule has 0 spiro atoms. The monoisotopic (exact) mass is 565 g/mol. The summed E-state index contributed by atoms with van der Waals surface area (Å²) >= 11 is 6.01. The highest BCUT2D eigenvalue weighted by molar-refractivity contribution is 6.30. The van der Waals surface area contributed by atoms with Crippen molar-refractivity contribution in [2.24, 2.45) is 0 Å². The van der Waals surface area contributed by atoms with Crippen LogP contribution in [0.15, 0.2) is 71.7 Å². The van der Waals surface area contributed by atoms with Crippen molar-refractivity contribution in [3.8, 4) is 22.5 Å². The minimum Gasteiger partial charge on any atom is -0.456 e. The van der Waals surface area contributed by atoms with E-state index >= 15 is 0 Å². The summed E-state index contributed by atoms with van der Waals surface area (Å²) in [6.45, 7) is 7.76. The number of carbonyl (C=O) groups is 2. The summed E-state index contributed by atoms with van der Waals surface area (Å²) in [4.78, 5) is 30.9. The molecule has 9 heteroatoms. The standard InChI is InChI=1S/C32H28ClN5O3/c1-17(2)27-26(30(40)34-4)24-15-20(9-12-25(24)41-27)23-16-21(6-5-18(23)3)29(39)36-32(13-14-32)31-35-28(37-38-31)19-7-10-22(33)11-8-19/h5-12,15-16H,1,13-14H2,2-4H3,(H,34,40)(H,36,39)(H,35,37,38). The molecule has 5 aromatic rings. The van der Waals surface area contributed by atoms with Crippen LogP contribution >= 0.6 is 11.6 Å². The zero-order chi connectivity index (χ0) is 28.9. The Hall–Kier alpha value is -4.69. The molecule has 1 fully saturated rings. The fraction of sp³-hybridized carbons (Fsp3) is 0.188. The van der Waals surface area contributed by atoms with E-state index in [1.807, 2.05) is 55.5 Å².